The Morgan fingerprint density at radius 1 is 0.324 bits per heavy atom. The Morgan fingerprint density at radius 2 is 0.647 bits per heavy atom. The van der Waals surface area contributed by atoms with Crippen LogP contribution in [0.4, 0.5) is 0 Å². The Bertz CT molecular complexity index is 1240. The average molecular weight is 443 g/mol. The van der Waals surface area contributed by atoms with E-state index in [4.69, 9.17) is 9.47 Å². The van der Waals surface area contributed by atoms with Gasteiger partial charge in [-0.05, 0) is 58.7 Å². The lowest BCUT2D eigenvalue weighted by Gasteiger charge is -2.15. The molecule has 0 heterocycles. The summed E-state index contributed by atoms with van der Waals surface area (Å²) in [6.07, 6.45) is 1.59. The molecule has 0 aliphatic rings. The molecule has 0 saturated carbocycles. The molecule has 5 rings (SSSR count). The van der Waals surface area contributed by atoms with Gasteiger partial charge in [-0.1, -0.05) is 97.1 Å². The average Bonchev–Trinajstić information content (AvgIpc) is 2.89. The first kappa shape index (κ1) is 21.5. The highest BCUT2D eigenvalue weighted by Gasteiger charge is 2.11. The Morgan fingerprint density at radius 3 is 1.06 bits per heavy atom. The number of hydrogen-bond acceptors (Lipinski definition) is 2. The van der Waals surface area contributed by atoms with Crippen molar-refractivity contribution in [1.82, 2.24) is 0 Å². The lowest BCUT2D eigenvalue weighted by atomic mass is 9.94. The van der Waals surface area contributed by atoms with E-state index in [0.717, 1.165) is 47.0 Å². The van der Waals surface area contributed by atoms with Crippen molar-refractivity contribution in [2.75, 3.05) is 0 Å². The molecule has 5 aromatic carbocycles. The number of ether oxygens (including phenoxy) is 2. The molecule has 0 saturated heterocycles. The van der Waals surface area contributed by atoms with Gasteiger partial charge in [-0.2, -0.15) is 0 Å². The zero-order valence-electron chi connectivity index (χ0n) is 18.9. The summed E-state index contributed by atoms with van der Waals surface area (Å²) in [5.41, 5.74) is 4.88. The fourth-order valence-corrected chi connectivity index (χ4v) is 4.04. The summed E-state index contributed by atoms with van der Waals surface area (Å²) < 4.78 is 12.4. The third kappa shape index (κ3) is 5.36. The molecular formula is C32H26O2. The SMILES string of the molecule is c1ccc(Oc2ccccc2Cc2ccccc2Cc2ccccc2Oc2ccccc2)cc1. The first-order valence-electron chi connectivity index (χ1n) is 11.5. The maximum Gasteiger partial charge on any atom is 0.130 e. The molecule has 5 aromatic rings. The number of rotatable bonds is 8. The first-order chi connectivity index (χ1) is 16.8. The molecule has 0 N–H and O–H groups in total. The minimum atomic E-state index is 0.793. The summed E-state index contributed by atoms with van der Waals surface area (Å²) in [5, 5.41) is 0. The molecule has 0 radical (unpaired) electrons. The lowest BCUT2D eigenvalue weighted by Crippen LogP contribution is -2.00. The molecule has 0 atom stereocenters. The zero-order valence-corrected chi connectivity index (χ0v) is 18.9. The van der Waals surface area contributed by atoms with E-state index in [-0.39, 0.29) is 0 Å². The van der Waals surface area contributed by atoms with Crippen molar-refractivity contribution < 1.29 is 9.47 Å². The van der Waals surface area contributed by atoms with E-state index >= 15 is 0 Å². The second-order valence-corrected chi connectivity index (χ2v) is 8.17. The van der Waals surface area contributed by atoms with Crippen molar-refractivity contribution in [3.63, 3.8) is 0 Å². The van der Waals surface area contributed by atoms with Crippen LogP contribution in [-0.4, -0.2) is 0 Å². The van der Waals surface area contributed by atoms with Crippen molar-refractivity contribution in [1.29, 1.82) is 0 Å². The second kappa shape index (κ2) is 10.5. The molecule has 0 amide bonds. The first-order valence-corrected chi connectivity index (χ1v) is 11.5. The van der Waals surface area contributed by atoms with Crippen LogP contribution in [0.2, 0.25) is 0 Å². The third-order valence-electron chi connectivity index (χ3n) is 5.77. The Kier molecular flexibility index (Phi) is 6.68. The predicted molar refractivity (Wildman–Crippen MR) is 138 cm³/mol. The van der Waals surface area contributed by atoms with E-state index in [9.17, 15) is 0 Å². The third-order valence-corrected chi connectivity index (χ3v) is 5.77. The molecule has 0 spiro atoms. The van der Waals surface area contributed by atoms with Crippen molar-refractivity contribution in [2.45, 2.75) is 12.8 Å². The molecule has 2 nitrogen and oxygen atoms in total. The van der Waals surface area contributed by atoms with Gasteiger partial charge in [0.05, 0.1) is 0 Å². The molecule has 0 unspecified atom stereocenters. The van der Waals surface area contributed by atoms with Gasteiger partial charge in [-0.25, -0.2) is 0 Å². The van der Waals surface area contributed by atoms with Crippen LogP contribution < -0.4 is 9.47 Å². The summed E-state index contributed by atoms with van der Waals surface area (Å²) in [7, 11) is 0. The molecule has 0 fully saturated rings. The summed E-state index contributed by atoms with van der Waals surface area (Å²) in [5.74, 6) is 3.46. The largest absolute Gasteiger partial charge is 0.457 e. The zero-order chi connectivity index (χ0) is 23.0. The fraction of sp³-hybridized carbons (Fsp3) is 0.0625. The maximum atomic E-state index is 6.21. The van der Waals surface area contributed by atoms with E-state index in [1.807, 2.05) is 84.9 Å². The highest BCUT2D eigenvalue weighted by molar-refractivity contribution is 5.46. The summed E-state index contributed by atoms with van der Waals surface area (Å²) in [4.78, 5) is 0. The van der Waals surface area contributed by atoms with Gasteiger partial charge < -0.3 is 9.47 Å². The molecule has 2 heteroatoms. The smallest absolute Gasteiger partial charge is 0.130 e. The second-order valence-electron chi connectivity index (χ2n) is 8.17. The lowest BCUT2D eigenvalue weighted by molar-refractivity contribution is 0.476. The Labute approximate surface area is 201 Å². The van der Waals surface area contributed by atoms with E-state index in [1.54, 1.807) is 0 Å². The Balaban J connectivity index is 1.40. The van der Waals surface area contributed by atoms with Crippen LogP contribution in [0.25, 0.3) is 0 Å². The minimum absolute atomic E-state index is 0.793. The van der Waals surface area contributed by atoms with Crippen LogP contribution in [0.15, 0.2) is 133 Å². The van der Waals surface area contributed by atoms with Crippen LogP contribution in [0.3, 0.4) is 0 Å². The normalized spacial score (nSPS) is 10.6. The molecular weight excluding hydrogens is 416 g/mol. The van der Waals surface area contributed by atoms with Crippen LogP contribution in [0, 0.1) is 0 Å². The molecule has 166 valence electrons. The van der Waals surface area contributed by atoms with Gasteiger partial charge >= 0.3 is 0 Å². The number of para-hydroxylation sites is 4. The standard InChI is InChI=1S/C32H26O2/c1-3-17-29(18-4-1)33-31-21-11-9-15-27(31)23-25-13-7-8-14-26(25)24-28-16-10-12-22-32(28)34-30-19-5-2-6-20-30/h1-22H,23-24H2. The summed E-state index contributed by atoms with van der Waals surface area (Å²) in [6, 6.07) is 45.0. The molecule has 34 heavy (non-hydrogen) atoms. The number of hydrogen-bond donors (Lipinski definition) is 0. The van der Waals surface area contributed by atoms with Gasteiger partial charge in [-0.15, -0.1) is 0 Å². The van der Waals surface area contributed by atoms with E-state index in [0.29, 0.717) is 0 Å². The molecule has 0 bridgehead atoms. The molecule has 0 aliphatic carbocycles. The van der Waals surface area contributed by atoms with Crippen molar-refractivity contribution >= 4 is 0 Å². The van der Waals surface area contributed by atoms with E-state index in [2.05, 4.69) is 48.5 Å². The molecule has 0 aliphatic heterocycles. The highest BCUT2D eigenvalue weighted by Crippen LogP contribution is 2.31. The van der Waals surface area contributed by atoms with Gasteiger partial charge in [0.2, 0.25) is 0 Å². The molecule has 0 aromatic heterocycles. The van der Waals surface area contributed by atoms with Crippen LogP contribution in [0.1, 0.15) is 22.3 Å². The van der Waals surface area contributed by atoms with Crippen LogP contribution in [-0.2, 0) is 12.8 Å². The fourth-order valence-electron chi connectivity index (χ4n) is 4.04. The summed E-state index contributed by atoms with van der Waals surface area (Å²) in [6.45, 7) is 0. The highest BCUT2D eigenvalue weighted by atomic mass is 16.5. The van der Waals surface area contributed by atoms with Crippen molar-refractivity contribution in [3.8, 4) is 23.0 Å². The monoisotopic (exact) mass is 442 g/mol. The van der Waals surface area contributed by atoms with Gasteiger partial charge in [0, 0.05) is 12.8 Å². The van der Waals surface area contributed by atoms with Gasteiger partial charge in [0.1, 0.15) is 23.0 Å². The van der Waals surface area contributed by atoms with E-state index < -0.39 is 0 Å². The van der Waals surface area contributed by atoms with Crippen LogP contribution in [0.5, 0.6) is 23.0 Å². The van der Waals surface area contributed by atoms with Crippen LogP contribution >= 0.6 is 0 Å². The van der Waals surface area contributed by atoms with Gasteiger partial charge in [0.15, 0.2) is 0 Å². The van der Waals surface area contributed by atoms with Gasteiger partial charge in [-0.3, -0.25) is 0 Å². The quantitative estimate of drug-likeness (QED) is 0.240. The number of benzene rings is 5. The minimum Gasteiger partial charge on any atom is -0.457 e. The summed E-state index contributed by atoms with van der Waals surface area (Å²) >= 11 is 0. The van der Waals surface area contributed by atoms with Gasteiger partial charge in [0.25, 0.3) is 0 Å². The van der Waals surface area contributed by atoms with Crippen molar-refractivity contribution in [2.24, 2.45) is 0 Å². The Hall–Kier alpha value is -4.30. The maximum absolute atomic E-state index is 6.21. The topological polar surface area (TPSA) is 18.5 Å². The van der Waals surface area contributed by atoms with E-state index in [1.165, 1.54) is 11.1 Å². The predicted octanol–water partition coefficient (Wildman–Crippen LogP) is 8.45. The van der Waals surface area contributed by atoms with Crippen molar-refractivity contribution in [3.05, 3.63) is 156 Å².